The van der Waals surface area contributed by atoms with Gasteiger partial charge in [0.1, 0.15) is 22.9 Å². The van der Waals surface area contributed by atoms with E-state index in [0.29, 0.717) is 11.7 Å². The van der Waals surface area contributed by atoms with Gasteiger partial charge in [0.2, 0.25) is 0 Å². The number of nitrogen functional groups attached to an aromatic ring is 1. The van der Waals surface area contributed by atoms with Crippen LogP contribution in [0.4, 0.5) is 11.5 Å². The fraction of sp³-hybridized carbons (Fsp3) is 0.500. The minimum Gasteiger partial charge on any atom is -0.488 e. The van der Waals surface area contributed by atoms with Crippen LogP contribution in [0.15, 0.2) is 36.8 Å². The number of hydrogen-bond donors (Lipinski definition) is 2. The third-order valence-corrected chi connectivity index (χ3v) is 6.40. The third kappa shape index (κ3) is 5.07. The van der Waals surface area contributed by atoms with Crippen molar-refractivity contribution in [3.8, 4) is 5.75 Å². The molecule has 0 atom stereocenters. The molecule has 1 saturated carbocycles. The Morgan fingerprint density at radius 3 is 2.62 bits per heavy atom. The van der Waals surface area contributed by atoms with Crippen LogP contribution in [0.1, 0.15) is 50.8 Å². The van der Waals surface area contributed by atoms with E-state index in [2.05, 4.69) is 25.2 Å². The van der Waals surface area contributed by atoms with Crippen molar-refractivity contribution in [2.45, 2.75) is 63.6 Å². The largest absolute Gasteiger partial charge is 0.488 e. The molecule has 168 valence electrons. The van der Waals surface area contributed by atoms with Crippen molar-refractivity contribution in [3.05, 3.63) is 42.6 Å². The van der Waals surface area contributed by atoms with E-state index in [1.54, 1.807) is 12.4 Å². The van der Waals surface area contributed by atoms with Gasteiger partial charge in [0, 0.05) is 36.4 Å². The molecule has 1 aliphatic carbocycles. The van der Waals surface area contributed by atoms with Crippen LogP contribution in [0.3, 0.4) is 0 Å². The zero-order valence-electron chi connectivity index (χ0n) is 18.4. The number of hydrogen-bond acceptors (Lipinski definition) is 8. The Morgan fingerprint density at radius 2 is 1.78 bits per heavy atom. The van der Waals surface area contributed by atoms with Crippen molar-refractivity contribution in [2.75, 3.05) is 24.1 Å². The molecule has 0 bridgehead atoms. The van der Waals surface area contributed by atoms with Crippen LogP contribution >= 0.6 is 0 Å². The Hall–Kier alpha value is -3.00. The first-order valence-electron chi connectivity index (χ1n) is 11.7. The molecule has 1 aromatic carbocycles. The lowest BCUT2D eigenvalue weighted by atomic mass is 9.93. The molecule has 0 radical (unpaired) electrons. The standard InChI is InChI=1S/C24H31N7O/c25-17-14-20-24(28-11-10-26-20)21(15-17)32-19-6-4-18(5-7-19)29-22-8-9-27-23(30-22)16-31-12-2-1-3-13-31/h8-11,14-15,18-19H,1-7,12-13,16,25H2,(H,27,29,30). The third-order valence-electron chi connectivity index (χ3n) is 6.40. The van der Waals surface area contributed by atoms with Crippen molar-refractivity contribution in [2.24, 2.45) is 0 Å². The zero-order valence-corrected chi connectivity index (χ0v) is 18.4. The zero-order chi connectivity index (χ0) is 21.8. The number of ether oxygens (including phenoxy) is 1. The first kappa shape index (κ1) is 20.9. The molecule has 8 heteroatoms. The molecular formula is C24H31N7O. The Bertz CT molecular complexity index is 1050. The Morgan fingerprint density at radius 1 is 0.969 bits per heavy atom. The lowest BCUT2D eigenvalue weighted by Gasteiger charge is -2.30. The highest BCUT2D eigenvalue weighted by molar-refractivity contribution is 5.84. The quantitative estimate of drug-likeness (QED) is 0.566. The monoisotopic (exact) mass is 433 g/mol. The average Bonchev–Trinajstić information content (AvgIpc) is 2.81. The predicted octanol–water partition coefficient (Wildman–Crippen LogP) is 3.79. The maximum atomic E-state index is 6.31. The summed E-state index contributed by atoms with van der Waals surface area (Å²) in [5.74, 6) is 2.56. The minimum atomic E-state index is 0.153. The van der Waals surface area contributed by atoms with Crippen molar-refractivity contribution < 1.29 is 4.74 Å². The highest BCUT2D eigenvalue weighted by atomic mass is 16.5. The van der Waals surface area contributed by atoms with Crippen LogP contribution in [0.25, 0.3) is 11.0 Å². The van der Waals surface area contributed by atoms with E-state index in [-0.39, 0.29) is 6.10 Å². The van der Waals surface area contributed by atoms with E-state index in [4.69, 9.17) is 15.5 Å². The number of anilines is 2. The van der Waals surface area contributed by atoms with E-state index in [9.17, 15) is 0 Å². The number of benzene rings is 1. The van der Waals surface area contributed by atoms with E-state index in [1.807, 2.05) is 24.4 Å². The van der Waals surface area contributed by atoms with Gasteiger partial charge in [-0.3, -0.25) is 9.88 Å². The van der Waals surface area contributed by atoms with Gasteiger partial charge in [-0.05, 0) is 63.7 Å². The van der Waals surface area contributed by atoms with Crippen LogP contribution in [0, 0.1) is 0 Å². The summed E-state index contributed by atoms with van der Waals surface area (Å²) in [7, 11) is 0. The summed E-state index contributed by atoms with van der Waals surface area (Å²) in [5.41, 5.74) is 8.22. The SMILES string of the molecule is Nc1cc(OC2CCC(Nc3ccnc(CN4CCCCC4)n3)CC2)c2nccnc2c1. The smallest absolute Gasteiger partial charge is 0.149 e. The molecule has 0 spiro atoms. The fourth-order valence-corrected chi connectivity index (χ4v) is 4.74. The van der Waals surface area contributed by atoms with Gasteiger partial charge in [0.25, 0.3) is 0 Å². The van der Waals surface area contributed by atoms with E-state index in [1.165, 1.54) is 19.3 Å². The van der Waals surface area contributed by atoms with E-state index >= 15 is 0 Å². The summed E-state index contributed by atoms with van der Waals surface area (Å²) in [6.07, 6.45) is 13.3. The molecule has 3 aromatic rings. The van der Waals surface area contributed by atoms with Crippen LogP contribution in [0.2, 0.25) is 0 Å². The van der Waals surface area contributed by atoms with Gasteiger partial charge in [0.05, 0.1) is 18.2 Å². The first-order chi connectivity index (χ1) is 15.7. The molecule has 2 fully saturated rings. The molecule has 1 saturated heterocycles. The number of nitrogens with zero attached hydrogens (tertiary/aromatic N) is 5. The molecular weight excluding hydrogens is 402 g/mol. The summed E-state index contributed by atoms with van der Waals surface area (Å²) < 4.78 is 6.31. The van der Waals surface area contributed by atoms with Gasteiger partial charge in [-0.15, -0.1) is 0 Å². The molecule has 3 N–H and O–H groups in total. The summed E-state index contributed by atoms with van der Waals surface area (Å²) in [5, 5.41) is 3.61. The van der Waals surface area contributed by atoms with E-state index in [0.717, 1.165) is 73.7 Å². The number of piperidine rings is 1. The molecule has 5 rings (SSSR count). The van der Waals surface area contributed by atoms with Crippen LogP contribution in [-0.2, 0) is 6.54 Å². The minimum absolute atomic E-state index is 0.153. The summed E-state index contributed by atoms with van der Waals surface area (Å²) >= 11 is 0. The van der Waals surface area contributed by atoms with Gasteiger partial charge in [0.15, 0.2) is 0 Å². The highest BCUT2D eigenvalue weighted by Crippen LogP contribution is 2.30. The second-order valence-corrected chi connectivity index (χ2v) is 8.87. The van der Waals surface area contributed by atoms with Gasteiger partial charge in [-0.2, -0.15) is 0 Å². The summed E-state index contributed by atoms with van der Waals surface area (Å²) in [4.78, 5) is 20.5. The van der Waals surface area contributed by atoms with Crippen molar-refractivity contribution in [1.82, 2.24) is 24.8 Å². The van der Waals surface area contributed by atoms with Crippen molar-refractivity contribution in [1.29, 1.82) is 0 Å². The van der Waals surface area contributed by atoms with Gasteiger partial charge >= 0.3 is 0 Å². The first-order valence-corrected chi connectivity index (χ1v) is 11.7. The topological polar surface area (TPSA) is 102 Å². The number of aromatic nitrogens is 4. The van der Waals surface area contributed by atoms with Crippen molar-refractivity contribution in [3.63, 3.8) is 0 Å². The molecule has 0 amide bonds. The normalized spacial score (nSPS) is 22.0. The molecule has 8 nitrogen and oxygen atoms in total. The van der Waals surface area contributed by atoms with Gasteiger partial charge in [-0.1, -0.05) is 6.42 Å². The number of nitrogens with one attached hydrogen (secondary N) is 1. The molecule has 0 unspecified atom stereocenters. The van der Waals surface area contributed by atoms with Crippen LogP contribution in [0.5, 0.6) is 5.75 Å². The summed E-state index contributed by atoms with van der Waals surface area (Å²) in [6.45, 7) is 3.14. The molecule has 2 aliphatic rings. The average molecular weight is 434 g/mol. The second kappa shape index (κ2) is 9.65. The Balaban J connectivity index is 1.16. The molecule has 32 heavy (non-hydrogen) atoms. The van der Waals surface area contributed by atoms with Crippen LogP contribution in [-0.4, -0.2) is 50.1 Å². The number of likely N-dealkylation sites (tertiary alicyclic amines) is 1. The number of fused-ring (bicyclic) bond motifs is 1. The van der Waals surface area contributed by atoms with Gasteiger partial charge < -0.3 is 15.8 Å². The highest BCUT2D eigenvalue weighted by Gasteiger charge is 2.24. The molecule has 3 heterocycles. The second-order valence-electron chi connectivity index (χ2n) is 8.87. The maximum Gasteiger partial charge on any atom is 0.149 e. The maximum absolute atomic E-state index is 6.31. The number of rotatable bonds is 6. The lowest BCUT2D eigenvalue weighted by Crippen LogP contribution is -2.32. The molecule has 1 aliphatic heterocycles. The Labute approximate surface area is 188 Å². The fourth-order valence-electron chi connectivity index (χ4n) is 4.74. The van der Waals surface area contributed by atoms with Gasteiger partial charge in [-0.25, -0.2) is 15.0 Å². The Kier molecular flexibility index (Phi) is 6.29. The summed E-state index contributed by atoms with van der Waals surface area (Å²) in [6, 6.07) is 6.05. The predicted molar refractivity (Wildman–Crippen MR) is 125 cm³/mol. The molecule has 2 aromatic heterocycles. The van der Waals surface area contributed by atoms with E-state index < -0.39 is 0 Å². The van der Waals surface area contributed by atoms with Crippen molar-refractivity contribution >= 4 is 22.5 Å². The number of nitrogens with two attached hydrogens (primary N) is 1. The lowest BCUT2D eigenvalue weighted by molar-refractivity contribution is 0.152. The van der Waals surface area contributed by atoms with Crippen LogP contribution < -0.4 is 15.8 Å².